The fourth-order valence-corrected chi connectivity index (χ4v) is 2.32. The molecule has 1 aromatic carbocycles. The Morgan fingerprint density at radius 2 is 1.83 bits per heavy atom. The SMILES string of the molecule is COC(=O)[C@H](O[C@H]1O[C@H](CO)[C@@H](O)[C@H](O)[C@H]1O)c1ccccc1. The number of carbonyl (C=O) groups excluding carboxylic acids is 1. The van der Waals surface area contributed by atoms with Crippen LogP contribution in [0, 0.1) is 0 Å². The molecule has 8 heteroatoms. The minimum Gasteiger partial charge on any atom is -0.467 e. The monoisotopic (exact) mass is 328 g/mol. The van der Waals surface area contributed by atoms with Crippen molar-refractivity contribution in [2.45, 2.75) is 36.8 Å². The molecule has 128 valence electrons. The van der Waals surface area contributed by atoms with E-state index >= 15 is 0 Å². The van der Waals surface area contributed by atoms with Crippen LogP contribution in [0.2, 0.25) is 0 Å². The summed E-state index contributed by atoms with van der Waals surface area (Å²) in [6, 6.07) is 8.41. The van der Waals surface area contributed by atoms with Crippen LogP contribution in [-0.2, 0) is 19.0 Å². The average Bonchev–Trinajstić information content (AvgIpc) is 2.59. The molecule has 1 aliphatic rings. The van der Waals surface area contributed by atoms with Gasteiger partial charge < -0.3 is 34.6 Å². The van der Waals surface area contributed by atoms with Gasteiger partial charge in [-0.15, -0.1) is 0 Å². The molecule has 0 spiro atoms. The molecule has 2 rings (SSSR count). The predicted molar refractivity (Wildman–Crippen MR) is 76.1 cm³/mol. The topological polar surface area (TPSA) is 126 Å². The van der Waals surface area contributed by atoms with Gasteiger partial charge in [0.15, 0.2) is 12.4 Å². The normalized spacial score (nSPS) is 32.3. The number of esters is 1. The molecule has 0 aliphatic carbocycles. The first-order valence-electron chi connectivity index (χ1n) is 7.08. The van der Waals surface area contributed by atoms with Crippen LogP contribution >= 0.6 is 0 Å². The van der Waals surface area contributed by atoms with Crippen LogP contribution in [0.15, 0.2) is 30.3 Å². The Bertz CT molecular complexity index is 505. The summed E-state index contributed by atoms with van der Waals surface area (Å²) < 4.78 is 15.4. The lowest BCUT2D eigenvalue weighted by Gasteiger charge is -2.40. The highest BCUT2D eigenvalue weighted by Gasteiger charge is 2.45. The van der Waals surface area contributed by atoms with Crippen LogP contribution in [0.5, 0.6) is 0 Å². The van der Waals surface area contributed by atoms with Gasteiger partial charge in [-0.05, 0) is 5.56 Å². The van der Waals surface area contributed by atoms with E-state index in [2.05, 4.69) is 4.74 Å². The number of aliphatic hydroxyl groups excluding tert-OH is 4. The van der Waals surface area contributed by atoms with Gasteiger partial charge in [-0.25, -0.2) is 4.79 Å². The van der Waals surface area contributed by atoms with Gasteiger partial charge in [0, 0.05) is 0 Å². The third-order valence-corrected chi connectivity index (χ3v) is 3.64. The lowest BCUT2D eigenvalue weighted by atomic mass is 9.99. The lowest BCUT2D eigenvalue weighted by molar-refractivity contribution is -0.311. The van der Waals surface area contributed by atoms with Crippen molar-refractivity contribution in [3.63, 3.8) is 0 Å². The van der Waals surface area contributed by atoms with Crippen LogP contribution in [0.4, 0.5) is 0 Å². The highest BCUT2D eigenvalue weighted by atomic mass is 16.7. The van der Waals surface area contributed by atoms with Crippen LogP contribution in [0.3, 0.4) is 0 Å². The Morgan fingerprint density at radius 3 is 2.39 bits per heavy atom. The van der Waals surface area contributed by atoms with Crippen molar-refractivity contribution in [1.29, 1.82) is 0 Å². The maximum atomic E-state index is 11.9. The predicted octanol–water partition coefficient (Wildman–Crippen LogP) is -1.28. The molecule has 23 heavy (non-hydrogen) atoms. The van der Waals surface area contributed by atoms with E-state index in [4.69, 9.17) is 14.6 Å². The molecule has 0 amide bonds. The first-order valence-corrected chi connectivity index (χ1v) is 7.08. The van der Waals surface area contributed by atoms with Crippen molar-refractivity contribution in [3.8, 4) is 0 Å². The fraction of sp³-hybridized carbons (Fsp3) is 0.533. The number of hydrogen-bond acceptors (Lipinski definition) is 8. The van der Waals surface area contributed by atoms with Gasteiger partial charge in [0.25, 0.3) is 0 Å². The lowest BCUT2D eigenvalue weighted by Crippen LogP contribution is -2.59. The summed E-state index contributed by atoms with van der Waals surface area (Å²) in [7, 11) is 1.19. The van der Waals surface area contributed by atoms with Crippen molar-refractivity contribution in [2.24, 2.45) is 0 Å². The molecule has 0 radical (unpaired) electrons. The van der Waals surface area contributed by atoms with E-state index in [9.17, 15) is 20.1 Å². The van der Waals surface area contributed by atoms with Crippen molar-refractivity contribution in [3.05, 3.63) is 35.9 Å². The van der Waals surface area contributed by atoms with Crippen molar-refractivity contribution >= 4 is 5.97 Å². The number of ether oxygens (including phenoxy) is 3. The second-order valence-electron chi connectivity index (χ2n) is 5.15. The van der Waals surface area contributed by atoms with Crippen molar-refractivity contribution < 1.29 is 39.4 Å². The third-order valence-electron chi connectivity index (χ3n) is 3.64. The van der Waals surface area contributed by atoms with Crippen LogP contribution in [0.25, 0.3) is 0 Å². The zero-order valence-electron chi connectivity index (χ0n) is 12.5. The fourth-order valence-electron chi connectivity index (χ4n) is 2.32. The summed E-state index contributed by atoms with van der Waals surface area (Å²) in [6.45, 7) is -0.584. The zero-order chi connectivity index (χ0) is 17.0. The summed E-state index contributed by atoms with van der Waals surface area (Å²) in [6.07, 6.45) is -8.41. The summed E-state index contributed by atoms with van der Waals surface area (Å²) in [5, 5.41) is 38.6. The summed E-state index contributed by atoms with van der Waals surface area (Å²) >= 11 is 0. The first-order chi connectivity index (χ1) is 11.0. The summed E-state index contributed by atoms with van der Waals surface area (Å²) in [4.78, 5) is 11.9. The average molecular weight is 328 g/mol. The van der Waals surface area contributed by atoms with E-state index in [1.807, 2.05) is 0 Å². The largest absolute Gasteiger partial charge is 0.467 e. The molecule has 8 nitrogen and oxygen atoms in total. The zero-order valence-corrected chi connectivity index (χ0v) is 12.5. The minimum absolute atomic E-state index is 0.469. The highest BCUT2D eigenvalue weighted by molar-refractivity contribution is 5.76. The van der Waals surface area contributed by atoms with E-state index in [0.29, 0.717) is 5.56 Å². The van der Waals surface area contributed by atoms with Gasteiger partial charge in [0.1, 0.15) is 24.4 Å². The molecule has 1 heterocycles. The van der Waals surface area contributed by atoms with Crippen LogP contribution < -0.4 is 0 Å². The second kappa shape index (κ2) is 7.82. The Kier molecular flexibility index (Phi) is 6.05. The summed E-state index contributed by atoms with van der Waals surface area (Å²) in [5.41, 5.74) is 0.469. The maximum absolute atomic E-state index is 11.9. The molecule has 0 aromatic heterocycles. The van der Waals surface area contributed by atoms with Crippen molar-refractivity contribution in [2.75, 3.05) is 13.7 Å². The van der Waals surface area contributed by atoms with Gasteiger partial charge in [0.2, 0.25) is 0 Å². The van der Waals surface area contributed by atoms with Crippen LogP contribution in [0.1, 0.15) is 11.7 Å². The summed E-state index contributed by atoms with van der Waals surface area (Å²) in [5.74, 6) is -0.715. The molecule has 4 N–H and O–H groups in total. The highest BCUT2D eigenvalue weighted by Crippen LogP contribution is 2.28. The Balaban J connectivity index is 2.20. The van der Waals surface area contributed by atoms with Crippen LogP contribution in [-0.4, -0.2) is 70.8 Å². The number of hydrogen-bond donors (Lipinski definition) is 4. The third kappa shape index (κ3) is 3.86. The van der Waals surface area contributed by atoms with E-state index < -0.39 is 49.4 Å². The number of rotatable bonds is 5. The number of aliphatic hydroxyl groups is 4. The Labute approximate surface area is 132 Å². The van der Waals surface area contributed by atoms with E-state index in [1.165, 1.54) is 7.11 Å². The van der Waals surface area contributed by atoms with Gasteiger partial charge in [-0.1, -0.05) is 30.3 Å². The molecule has 0 saturated carbocycles. The number of carbonyl (C=O) groups is 1. The molecular formula is C15H20O8. The first kappa shape index (κ1) is 17.8. The van der Waals surface area contributed by atoms with Gasteiger partial charge >= 0.3 is 5.97 Å². The second-order valence-corrected chi connectivity index (χ2v) is 5.15. The quantitative estimate of drug-likeness (QED) is 0.492. The number of methoxy groups -OCH3 is 1. The minimum atomic E-state index is -1.59. The molecule has 0 bridgehead atoms. The maximum Gasteiger partial charge on any atom is 0.339 e. The number of benzene rings is 1. The molecule has 1 aliphatic heterocycles. The molecular weight excluding hydrogens is 308 g/mol. The molecule has 6 atom stereocenters. The van der Waals surface area contributed by atoms with Gasteiger partial charge in [-0.2, -0.15) is 0 Å². The Morgan fingerprint density at radius 1 is 1.17 bits per heavy atom. The standard InChI is InChI=1S/C15H20O8/c1-21-14(20)13(8-5-3-2-4-6-8)23-15-12(19)11(18)10(17)9(7-16)22-15/h2-6,9-13,15-19H,7H2,1H3/t9-,10-,11+,12-,13-,15-/m1/s1. The Hall–Kier alpha value is -1.55. The van der Waals surface area contributed by atoms with Gasteiger partial charge in [0.05, 0.1) is 13.7 Å². The van der Waals surface area contributed by atoms with E-state index in [0.717, 1.165) is 0 Å². The van der Waals surface area contributed by atoms with Crippen molar-refractivity contribution in [1.82, 2.24) is 0 Å². The van der Waals surface area contributed by atoms with Gasteiger partial charge in [-0.3, -0.25) is 0 Å². The van der Waals surface area contributed by atoms with E-state index in [-0.39, 0.29) is 0 Å². The molecule has 1 aromatic rings. The molecule has 1 fully saturated rings. The molecule has 0 unspecified atom stereocenters. The molecule has 1 saturated heterocycles. The van der Waals surface area contributed by atoms with E-state index in [1.54, 1.807) is 30.3 Å². The smallest absolute Gasteiger partial charge is 0.339 e.